The number of ether oxygens (including phenoxy) is 2. The van der Waals surface area contributed by atoms with Gasteiger partial charge in [0.25, 0.3) is 0 Å². The van der Waals surface area contributed by atoms with Crippen LogP contribution in [0.4, 0.5) is 0 Å². The van der Waals surface area contributed by atoms with E-state index in [-0.39, 0.29) is 6.10 Å². The normalized spacial score (nSPS) is 23.3. The Morgan fingerprint density at radius 2 is 2.22 bits per heavy atom. The standard InChI is InChI=1S/C13H17BrClNO2/c1-16-7-10-3-4-11(18-10)8-17-13-6-9(14)2-5-12(13)15/h2,5-6,10-11,16H,3-4,7-8H2,1H3. The number of rotatable bonds is 5. The molecule has 2 rings (SSSR count). The molecule has 1 aliphatic heterocycles. The van der Waals surface area contributed by atoms with Gasteiger partial charge in [0.15, 0.2) is 0 Å². The predicted molar refractivity (Wildman–Crippen MR) is 76.5 cm³/mol. The van der Waals surface area contributed by atoms with Gasteiger partial charge in [-0.15, -0.1) is 0 Å². The maximum atomic E-state index is 6.06. The molecule has 1 aliphatic rings. The van der Waals surface area contributed by atoms with Gasteiger partial charge in [-0.1, -0.05) is 27.5 Å². The van der Waals surface area contributed by atoms with E-state index in [1.807, 2.05) is 25.2 Å². The molecule has 0 aliphatic carbocycles. The molecule has 0 saturated carbocycles. The zero-order valence-electron chi connectivity index (χ0n) is 10.3. The summed E-state index contributed by atoms with van der Waals surface area (Å²) in [4.78, 5) is 0. The van der Waals surface area contributed by atoms with Crippen LogP contribution < -0.4 is 10.1 Å². The first-order valence-corrected chi connectivity index (χ1v) is 7.24. The minimum Gasteiger partial charge on any atom is -0.489 e. The summed E-state index contributed by atoms with van der Waals surface area (Å²) >= 11 is 9.47. The van der Waals surface area contributed by atoms with Crippen molar-refractivity contribution in [3.63, 3.8) is 0 Å². The maximum absolute atomic E-state index is 6.06. The molecule has 2 unspecified atom stereocenters. The molecular weight excluding hydrogens is 318 g/mol. The molecule has 0 amide bonds. The molecule has 1 N–H and O–H groups in total. The van der Waals surface area contributed by atoms with E-state index >= 15 is 0 Å². The van der Waals surface area contributed by atoms with E-state index in [9.17, 15) is 0 Å². The molecule has 18 heavy (non-hydrogen) atoms. The first kappa shape index (κ1) is 14.1. The molecule has 3 nitrogen and oxygen atoms in total. The minimum absolute atomic E-state index is 0.165. The average molecular weight is 335 g/mol. The first-order chi connectivity index (χ1) is 8.69. The number of benzene rings is 1. The summed E-state index contributed by atoms with van der Waals surface area (Å²) in [6.07, 6.45) is 2.60. The highest BCUT2D eigenvalue weighted by Gasteiger charge is 2.25. The molecule has 1 fully saturated rings. The van der Waals surface area contributed by atoms with Gasteiger partial charge in [-0.3, -0.25) is 0 Å². The van der Waals surface area contributed by atoms with E-state index < -0.39 is 0 Å². The van der Waals surface area contributed by atoms with Gasteiger partial charge in [0.2, 0.25) is 0 Å². The van der Waals surface area contributed by atoms with Crippen LogP contribution in [-0.4, -0.2) is 32.4 Å². The summed E-state index contributed by atoms with van der Waals surface area (Å²) in [6.45, 7) is 1.45. The molecule has 1 aromatic rings. The van der Waals surface area contributed by atoms with Crippen LogP contribution in [0.3, 0.4) is 0 Å². The summed E-state index contributed by atoms with van der Waals surface area (Å²) in [6, 6.07) is 5.59. The van der Waals surface area contributed by atoms with Crippen LogP contribution in [0.5, 0.6) is 5.75 Å². The van der Waals surface area contributed by atoms with E-state index in [2.05, 4.69) is 21.2 Å². The summed E-state index contributed by atoms with van der Waals surface area (Å²) in [5, 5.41) is 3.76. The lowest BCUT2D eigenvalue weighted by Crippen LogP contribution is -2.25. The maximum Gasteiger partial charge on any atom is 0.139 e. The van der Waals surface area contributed by atoms with Crippen molar-refractivity contribution in [2.45, 2.75) is 25.0 Å². The second kappa shape index (κ2) is 6.75. The molecule has 0 aromatic heterocycles. The van der Waals surface area contributed by atoms with E-state index in [1.165, 1.54) is 0 Å². The predicted octanol–water partition coefficient (Wildman–Crippen LogP) is 3.25. The number of halogens is 2. The fourth-order valence-electron chi connectivity index (χ4n) is 2.05. The SMILES string of the molecule is CNCC1CCC(COc2cc(Br)ccc2Cl)O1. The Hall–Kier alpha value is -0.290. The number of hydrogen-bond acceptors (Lipinski definition) is 3. The lowest BCUT2D eigenvalue weighted by atomic mass is 10.2. The smallest absolute Gasteiger partial charge is 0.139 e. The zero-order chi connectivity index (χ0) is 13.0. The van der Waals surface area contributed by atoms with Crippen molar-refractivity contribution in [3.8, 4) is 5.75 Å². The van der Waals surface area contributed by atoms with Crippen molar-refractivity contribution in [1.29, 1.82) is 0 Å². The van der Waals surface area contributed by atoms with E-state index in [0.29, 0.717) is 23.5 Å². The highest BCUT2D eigenvalue weighted by Crippen LogP contribution is 2.29. The number of likely N-dealkylation sites (N-methyl/N-ethyl adjacent to an activating group) is 1. The van der Waals surface area contributed by atoms with Crippen molar-refractivity contribution >= 4 is 27.5 Å². The molecule has 1 saturated heterocycles. The third-order valence-electron chi connectivity index (χ3n) is 2.95. The third kappa shape index (κ3) is 3.85. The van der Waals surface area contributed by atoms with Crippen LogP contribution in [0.15, 0.2) is 22.7 Å². The van der Waals surface area contributed by atoms with Gasteiger partial charge in [0.1, 0.15) is 12.4 Å². The summed E-state index contributed by atoms with van der Waals surface area (Å²) < 4.78 is 12.5. The van der Waals surface area contributed by atoms with Crippen LogP contribution >= 0.6 is 27.5 Å². The van der Waals surface area contributed by atoms with E-state index in [1.54, 1.807) is 0 Å². The average Bonchev–Trinajstić information content (AvgIpc) is 2.79. The summed E-state index contributed by atoms with van der Waals surface area (Å²) in [5.41, 5.74) is 0. The molecule has 0 spiro atoms. The lowest BCUT2D eigenvalue weighted by molar-refractivity contribution is 0.0194. The van der Waals surface area contributed by atoms with E-state index in [4.69, 9.17) is 21.1 Å². The quantitative estimate of drug-likeness (QED) is 0.896. The third-order valence-corrected chi connectivity index (χ3v) is 3.75. The molecule has 2 atom stereocenters. The summed E-state index contributed by atoms with van der Waals surface area (Å²) in [5.74, 6) is 0.701. The van der Waals surface area contributed by atoms with Gasteiger partial charge in [-0.2, -0.15) is 0 Å². The Bertz CT molecular complexity index is 403. The largest absolute Gasteiger partial charge is 0.489 e. The second-order valence-electron chi connectivity index (χ2n) is 4.40. The Morgan fingerprint density at radius 3 is 3.00 bits per heavy atom. The number of nitrogens with one attached hydrogen (secondary N) is 1. The van der Waals surface area contributed by atoms with Gasteiger partial charge >= 0.3 is 0 Å². The molecule has 1 aromatic carbocycles. The molecule has 0 radical (unpaired) electrons. The van der Waals surface area contributed by atoms with Crippen molar-refractivity contribution in [1.82, 2.24) is 5.32 Å². The van der Waals surface area contributed by atoms with Gasteiger partial charge < -0.3 is 14.8 Å². The summed E-state index contributed by atoms with van der Waals surface area (Å²) in [7, 11) is 1.94. The molecular formula is C13H17BrClNO2. The fourth-order valence-corrected chi connectivity index (χ4v) is 2.56. The molecule has 100 valence electrons. The molecule has 1 heterocycles. The zero-order valence-corrected chi connectivity index (χ0v) is 12.6. The van der Waals surface area contributed by atoms with Crippen molar-refractivity contribution in [3.05, 3.63) is 27.7 Å². The highest BCUT2D eigenvalue weighted by atomic mass is 79.9. The van der Waals surface area contributed by atoms with Gasteiger partial charge in [-0.05, 0) is 38.1 Å². The van der Waals surface area contributed by atoms with Crippen LogP contribution in [-0.2, 0) is 4.74 Å². The Morgan fingerprint density at radius 1 is 1.44 bits per heavy atom. The van der Waals surface area contributed by atoms with Crippen molar-refractivity contribution < 1.29 is 9.47 Å². The fraction of sp³-hybridized carbons (Fsp3) is 0.538. The van der Waals surface area contributed by atoms with Crippen LogP contribution in [0.2, 0.25) is 5.02 Å². The van der Waals surface area contributed by atoms with Crippen molar-refractivity contribution in [2.75, 3.05) is 20.2 Å². The van der Waals surface area contributed by atoms with Crippen LogP contribution in [0.1, 0.15) is 12.8 Å². The Labute approximate surface area is 121 Å². The monoisotopic (exact) mass is 333 g/mol. The highest BCUT2D eigenvalue weighted by molar-refractivity contribution is 9.10. The second-order valence-corrected chi connectivity index (χ2v) is 5.72. The topological polar surface area (TPSA) is 30.5 Å². The van der Waals surface area contributed by atoms with Crippen molar-refractivity contribution in [2.24, 2.45) is 0 Å². The first-order valence-electron chi connectivity index (χ1n) is 6.07. The Kier molecular flexibility index (Phi) is 5.30. The molecule has 5 heteroatoms. The minimum atomic E-state index is 0.165. The lowest BCUT2D eigenvalue weighted by Gasteiger charge is -2.15. The van der Waals surface area contributed by atoms with Crippen LogP contribution in [0, 0.1) is 0 Å². The number of hydrogen-bond donors (Lipinski definition) is 1. The van der Waals surface area contributed by atoms with Crippen LogP contribution in [0.25, 0.3) is 0 Å². The van der Waals surface area contributed by atoms with Gasteiger partial charge in [0, 0.05) is 11.0 Å². The van der Waals surface area contributed by atoms with E-state index in [0.717, 1.165) is 23.9 Å². The molecule has 0 bridgehead atoms. The van der Waals surface area contributed by atoms with Gasteiger partial charge in [0.05, 0.1) is 17.2 Å². The van der Waals surface area contributed by atoms with Gasteiger partial charge in [-0.25, -0.2) is 0 Å². The Balaban J connectivity index is 1.83.